The highest BCUT2D eigenvalue weighted by atomic mass is 16.5. The van der Waals surface area contributed by atoms with E-state index in [0.717, 1.165) is 38.9 Å². The van der Waals surface area contributed by atoms with Gasteiger partial charge in [0.25, 0.3) is 0 Å². The number of nitrogen functional groups attached to an aromatic ring is 1. The van der Waals surface area contributed by atoms with Crippen LogP contribution < -0.4 is 11.1 Å². The molecule has 3 N–H and O–H groups in total. The molecule has 1 aromatic carbocycles. The molecular formula is C20H30N6O. The zero-order valence-corrected chi connectivity index (χ0v) is 16.2. The van der Waals surface area contributed by atoms with Gasteiger partial charge in [0, 0.05) is 32.2 Å². The lowest BCUT2D eigenvalue weighted by atomic mass is 9.99. The second-order valence-electron chi connectivity index (χ2n) is 7.54. The van der Waals surface area contributed by atoms with Gasteiger partial charge in [0.15, 0.2) is 0 Å². The average Bonchev–Trinajstić information content (AvgIpc) is 3.23. The van der Waals surface area contributed by atoms with E-state index in [4.69, 9.17) is 10.5 Å². The van der Waals surface area contributed by atoms with Crippen molar-refractivity contribution >= 4 is 11.9 Å². The van der Waals surface area contributed by atoms with E-state index in [1.54, 1.807) is 4.68 Å². The normalized spacial score (nSPS) is 22.7. The number of aryl methyl sites for hydroxylation is 2. The number of aromatic nitrogens is 3. The summed E-state index contributed by atoms with van der Waals surface area (Å²) in [4.78, 5) is 6.75. The standard InChI is InChI=1S/C20H30N6O/c1-25-19(23-18(21)24-25)22-12-7-15-27-20(26-13-5-2-6-14-26)11-10-16-8-3-4-9-17(16)20/h3-4,8-9H,2,5-7,10-15H2,1H3,(H3,21,22,23,24). The lowest BCUT2D eigenvalue weighted by Gasteiger charge is -2.44. The maximum atomic E-state index is 6.65. The SMILES string of the molecule is Cn1nc(N)nc1NCCCOC1(N2CCCCC2)CCc2ccccc21. The van der Waals surface area contributed by atoms with Crippen molar-refractivity contribution in [1.29, 1.82) is 0 Å². The molecule has 0 saturated carbocycles. The summed E-state index contributed by atoms with van der Waals surface area (Å²) in [6, 6.07) is 8.80. The summed E-state index contributed by atoms with van der Waals surface area (Å²) in [6.07, 6.45) is 6.93. The molecule has 0 spiro atoms. The number of ether oxygens (including phenoxy) is 1. The summed E-state index contributed by atoms with van der Waals surface area (Å²) in [5.41, 5.74) is 8.20. The minimum atomic E-state index is -0.244. The average molecular weight is 371 g/mol. The molecule has 7 nitrogen and oxygen atoms in total. The van der Waals surface area contributed by atoms with Gasteiger partial charge in [0.05, 0.1) is 6.61 Å². The van der Waals surface area contributed by atoms with Gasteiger partial charge in [-0.25, -0.2) is 4.68 Å². The molecule has 27 heavy (non-hydrogen) atoms. The highest BCUT2D eigenvalue weighted by Gasteiger charge is 2.44. The number of nitrogens with two attached hydrogens (primary N) is 1. The molecule has 1 unspecified atom stereocenters. The van der Waals surface area contributed by atoms with Crippen molar-refractivity contribution in [3.8, 4) is 0 Å². The van der Waals surface area contributed by atoms with E-state index < -0.39 is 0 Å². The highest BCUT2D eigenvalue weighted by molar-refractivity contribution is 5.37. The summed E-state index contributed by atoms with van der Waals surface area (Å²) < 4.78 is 8.31. The number of hydrogen-bond acceptors (Lipinski definition) is 6. The van der Waals surface area contributed by atoms with Crippen LogP contribution in [0.1, 0.15) is 43.2 Å². The van der Waals surface area contributed by atoms with Crippen LogP contribution in [0.15, 0.2) is 24.3 Å². The van der Waals surface area contributed by atoms with Crippen LogP contribution in [0.2, 0.25) is 0 Å². The highest BCUT2D eigenvalue weighted by Crippen LogP contribution is 2.43. The van der Waals surface area contributed by atoms with Gasteiger partial charge in [0.2, 0.25) is 11.9 Å². The largest absolute Gasteiger partial charge is 0.366 e. The van der Waals surface area contributed by atoms with E-state index >= 15 is 0 Å². The van der Waals surface area contributed by atoms with E-state index in [0.29, 0.717) is 18.5 Å². The summed E-state index contributed by atoms with van der Waals surface area (Å²) in [5.74, 6) is 0.993. The van der Waals surface area contributed by atoms with Gasteiger partial charge < -0.3 is 15.8 Å². The molecule has 0 amide bonds. The van der Waals surface area contributed by atoms with Crippen molar-refractivity contribution in [2.75, 3.05) is 37.3 Å². The van der Waals surface area contributed by atoms with E-state index in [1.807, 2.05) is 7.05 Å². The van der Waals surface area contributed by atoms with Gasteiger partial charge in [-0.05, 0) is 37.7 Å². The molecule has 4 rings (SSSR count). The molecular weight excluding hydrogens is 340 g/mol. The zero-order valence-electron chi connectivity index (χ0n) is 16.2. The smallest absolute Gasteiger partial charge is 0.241 e. The topological polar surface area (TPSA) is 81.2 Å². The fourth-order valence-corrected chi connectivity index (χ4v) is 4.45. The third kappa shape index (κ3) is 3.66. The zero-order chi connectivity index (χ0) is 18.7. The van der Waals surface area contributed by atoms with Gasteiger partial charge in [-0.1, -0.05) is 30.7 Å². The fraction of sp³-hybridized carbons (Fsp3) is 0.600. The summed E-state index contributed by atoms with van der Waals surface area (Å²) >= 11 is 0. The van der Waals surface area contributed by atoms with Crippen molar-refractivity contribution in [3.63, 3.8) is 0 Å². The van der Waals surface area contributed by atoms with E-state index in [1.165, 1.54) is 30.4 Å². The van der Waals surface area contributed by atoms with Gasteiger partial charge >= 0.3 is 0 Å². The number of anilines is 2. The maximum absolute atomic E-state index is 6.65. The Morgan fingerprint density at radius 3 is 2.81 bits per heavy atom. The van der Waals surface area contributed by atoms with Crippen LogP contribution in [0.25, 0.3) is 0 Å². The van der Waals surface area contributed by atoms with E-state index in [9.17, 15) is 0 Å². The lowest BCUT2D eigenvalue weighted by molar-refractivity contribution is -0.169. The summed E-state index contributed by atoms with van der Waals surface area (Å²) in [6.45, 7) is 3.75. The third-order valence-corrected chi connectivity index (χ3v) is 5.76. The first-order valence-corrected chi connectivity index (χ1v) is 10.1. The summed E-state index contributed by atoms with van der Waals surface area (Å²) in [7, 11) is 1.84. The minimum absolute atomic E-state index is 0.244. The molecule has 2 aromatic rings. The Balaban J connectivity index is 1.39. The van der Waals surface area contributed by atoms with E-state index in [-0.39, 0.29) is 5.72 Å². The molecule has 1 aromatic heterocycles. The second kappa shape index (κ2) is 7.86. The number of piperidine rings is 1. The predicted octanol–water partition coefficient (Wildman–Crippen LogP) is 2.50. The molecule has 1 aliphatic heterocycles. The third-order valence-electron chi connectivity index (χ3n) is 5.76. The molecule has 2 aliphatic rings. The van der Waals surface area contributed by atoms with Gasteiger partial charge in [-0.15, -0.1) is 5.10 Å². The van der Waals surface area contributed by atoms with Gasteiger partial charge in [-0.3, -0.25) is 4.90 Å². The molecule has 7 heteroatoms. The number of hydrogen-bond donors (Lipinski definition) is 2. The van der Waals surface area contributed by atoms with E-state index in [2.05, 4.69) is 44.6 Å². The van der Waals surface area contributed by atoms with Crippen LogP contribution >= 0.6 is 0 Å². The molecule has 0 bridgehead atoms. The molecule has 1 atom stereocenters. The number of fused-ring (bicyclic) bond motifs is 1. The molecule has 2 heterocycles. The van der Waals surface area contributed by atoms with Crippen molar-refractivity contribution < 1.29 is 4.74 Å². The van der Waals surface area contributed by atoms with Crippen LogP contribution in [-0.4, -0.2) is 45.9 Å². The Morgan fingerprint density at radius 2 is 2.04 bits per heavy atom. The van der Waals surface area contributed by atoms with Crippen LogP contribution in [0, 0.1) is 0 Å². The van der Waals surface area contributed by atoms with Crippen molar-refractivity contribution in [1.82, 2.24) is 19.7 Å². The quantitative estimate of drug-likeness (QED) is 0.729. The van der Waals surface area contributed by atoms with Gasteiger partial charge in [0.1, 0.15) is 5.72 Å². The Morgan fingerprint density at radius 1 is 1.22 bits per heavy atom. The molecule has 146 valence electrons. The number of rotatable bonds is 7. The number of nitrogens with one attached hydrogen (secondary N) is 1. The first kappa shape index (κ1) is 18.3. The Labute approximate surface area is 160 Å². The second-order valence-corrected chi connectivity index (χ2v) is 7.54. The van der Waals surface area contributed by atoms with Crippen LogP contribution in [0.5, 0.6) is 0 Å². The number of likely N-dealkylation sites (tertiary alicyclic amines) is 1. The summed E-state index contributed by atoms with van der Waals surface area (Å²) in [5, 5.41) is 7.34. The predicted molar refractivity (Wildman–Crippen MR) is 106 cm³/mol. The lowest BCUT2D eigenvalue weighted by Crippen LogP contribution is -2.49. The van der Waals surface area contributed by atoms with Crippen molar-refractivity contribution in [3.05, 3.63) is 35.4 Å². The first-order valence-electron chi connectivity index (χ1n) is 10.1. The minimum Gasteiger partial charge on any atom is -0.366 e. The Hall–Kier alpha value is -2.12. The Bertz CT molecular complexity index is 770. The maximum Gasteiger partial charge on any atom is 0.241 e. The van der Waals surface area contributed by atoms with Crippen LogP contribution in [0.4, 0.5) is 11.9 Å². The monoisotopic (exact) mass is 370 g/mol. The first-order chi connectivity index (χ1) is 13.2. The van der Waals surface area contributed by atoms with Crippen LogP contribution in [-0.2, 0) is 23.9 Å². The number of benzene rings is 1. The molecule has 1 aliphatic carbocycles. The number of nitrogens with zero attached hydrogens (tertiary/aromatic N) is 4. The van der Waals surface area contributed by atoms with Gasteiger partial charge in [-0.2, -0.15) is 4.98 Å². The van der Waals surface area contributed by atoms with Crippen molar-refractivity contribution in [2.45, 2.75) is 44.2 Å². The molecule has 0 radical (unpaired) electrons. The molecule has 1 saturated heterocycles. The van der Waals surface area contributed by atoms with Crippen LogP contribution in [0.3, 0.4) is 0 Å². The fourth-order valence-electron chi connectivity index (χ4n) is 4.45. The molecule has 1 fully saturated rings. The Kier molecular flexibility index (Phi) is 5.31. The van der Waals surface area contributed by atoms with Crippen molar-refractivity contribution in [2.24, 2.45) is 7.05 Å².